The van der Waals surface area contributed by atoms with Crippen molar-refractivity contribution in [1.29, 1.82) is 0 Å². The summed E-state index contributed by atoms with van der Waals surface area (Å²) in [6.07, 6.45) is 20.2. The van der Waals surface area contributed by atoms with Crippen LogP contribution in [0.2, 0.25) is 0 Å². The number of carbonyl (C=O) groups is 1. The summed E-state index contributed by atoms with van der Waals surface area (Å²) >= 11 is 0. The van der Waals surface area contributed by atoms with Crippen LogP contribution in [0.15, 0.2) is 30.3 Å². The van der Waals surface area contributed by atoms with E-state index in [9.17, 15) is 4.79 Å². The Bertz CT molecular complexity index is 434. The molecule has 0 aliphatic rings. The maximum absolute atomic E-state index is 10.3. The Hall–Kier alpha value is -0.250. The molecule has 28 heavy (non-hydrogen) atoms. The Morgan fingerprint density at radius 3 is 1.36 bits per heavy atom. The number of phenolic OH excluding ortho intramolecular Hbond substituents is 1. The molecule has 1 aromatic carbocycles. The first kappa shape index (κ1) is 29.9. The summed E-state index contributed by atoms with van der Waals surface area (Å²) in [7, 11) is 0. The number of para-hydroxylation sites is 1. The SMILES string of the molecule is CCCCCCCCCCCCCCCCCC(=O)O.Oc1ccccc1.[Ca+2].[H-].[H-]. The maximum Gasteiger partial charge on any atom is 2.00 e. The summed E-state index contributed by atoms with van der Waals surface area (Å²) in [5, 5.41) is 17.1. The Labute approximate surface area is 206 Å². The number of phenols is 1. The van der Waals surface area contributed by atoms with E-state index in [0.29, 0.717) is 12.2 Å². The third-order valence-electron chi connectivity index (χ3n) is 4.75. The molecule has 1 aromatic rings. The average Bonchev–Trinajstić information content (AvgIpc) is 2.66. The van der Waals surface area contributed by atoms with Crippen LogP contribution in [0.4, 0.5) is 0 Å². The van der Waals surface area contributed by atoms with Gasteiger partial charge in [-0.2, -0.15) is 0 Å². The number of rotatable bonds is 16. The van der Waals surface area contributed by atoms with Crippen molar-refractivity contribution >= 4 is 43.7 Å². The third-order valence-corrected chi connectivity index (χ3v) is 4.75. The first-order chi connectivity index (χ1) is 13.2. The van der Waals surface area contributed by atoms with E-state index in [1.54, 1.807) is 24.3 Å². The Morgan fingerprint density at radius 2 is 1.07 bits per heavy atom. The normalized spacial score (nSPS) is 9.89. The molecule has 0 fully saturated rings. The van der Waals surface area contributed by atoms with E-state index in [4.69, 9.17) is 10.2 Å². The van der Waals surface area contributed by atoms with E-state index in [2.05, 4.69) is 6.92 Å². The number of carboxylic acid groups (broad SMARTS) is 1. The zero-order valence-corrected chi connectivity index (χ0v) is 20.4. The zero-order chi connectivity index (χ0) is 20.0. The van der Waals surface area contributed by atoms with E-state index in [1.807, 2.05) is 6.07 Å². The van der Waals surface area contributed by atoms with Crippen molar-refractivity contribution < 1.29 is 17.9 Å². The monoisotopic (exact) mass is 420 g/mol. The van der Waals surface area contributed by atoms with Gasteiger partial charge >= 0.3 is 43.7 Å². The molecule has 1 rings (SSSR count). The van der Waals surface area contributed by atoms with Gasteiger partial charge in [0.2, 0.25) is 0 Å². The van der Waals surface area contributed by atoms with Crippen LogP contribution < -0.4 is 0 Å². The van der Waals surface area contributed by atoms with Gasteiger partial charge in [-0.1, -0.05) is 115 Å². The molecule has 0 saturated carbocycles. The van der Waals surface area contributed by atoms with Crippen LogP contribution in [0.5, 0.6) is 5.75 Å². The first-order valence-corrected chi connectivity index (χ1v) is 11.1. The van der Waals surface area contributed by atoms with Crippen molar-refractivity contribution in [1.82, 2.24) is 0 Å². The number of unbranched alkanes of at least 4 members (excludes halogenated alkanes) is 14. The molecular formula is C24H44CaO3. The minimum absolute atomic E-state index is 0. The molecule has 0 radical (unpaired) electrons. The summed E-state index contributed by atoms with van der Waals surface area (Å²) in [4.78, 5) is 10.3. The number of aromatic hydroxyl groups is 1. The smallest absolute Gasteiger partial charge is 1.00 e. The molecule has 0 unspecified atom stereocenters. The third kappa shape index (κ3) is 25.7. The van der Waals surface area contributed by atoms with Crippen LogP contribution in [-0.2, 0) is 4.79 Å². The Balaban J connectivity index is -0.000000287. The van der Waals surface area contributed by atoms with E-state index in [0.717, 1.165) is 12.8 Å². The molecule has 160 valence electrons. The van der Waals surface area contributed by atoms with Crippen molar-refractivity contribution in [2.75, 3.05) is 0 Å². The second-order valence-corrected chi connectivity index (χ2v) is 7.43. The fraction of sp³-hybridized carbons (Fsp3) is 0.708. The summed E-state index contributed by atoms with van der Waals surface area (Å²) in [5.41, 5.74) is 0. The Morgan fingerprint density at radius 1 is 0.714 bits per heavy atom. The molecule has 0 aromatic heterocycles. The van der Waals surface area contributed by atoms with Crippen molar-refractivity contribution in [3.63, 3.8) is 0 Å². The van der Waals surface area contributed by atoms with Gasteiger partial charge in [-0.25, -0.2) is 0 Å². The van der Waals surface area contributed by atoms with Crippen molar-refractivity contribution in [2.24, 2.45) is 0 Å². The number of hydrogen-bond acceptors (Lipinski definition) is 2. The molecule has 0 aliphatic heterocycles. The van der Waals surface area contributed by atoms with E-state index < -0.39 is 5.97 Å². The molecule has 3 nitrogen and oxygen atoms in total. The van der Waals surface area contributed by atoms with Crippen LogP contribution in [-0.4, -0.2) is 53.9 Å². The molecule has 4 heteroatoms. The van der Waals surface area contributed by atoms with Crippen molar-refractivity contribution in [2.45, 2.75) is 110 Å². The second kappa shape index (κ2) is 24.8. The summed E-state index contributed by atoms with van der Waals surface area (Å²) < 4.78 is 0. The fourth-order valence-electron chi connectivity index (χ4n) is 3.08. The molecule has 0 heterocycles. The number of carboxylic acids is 1. The van der Waals surface area contributed by atoms with Gasteiger partial charge < -0.3 is 13.1 Å². The summed E-state index contributed by atoms with van der Waals surface area (Å²) in [6, 6.07) is 8.71. The van der Waals surface area contributed by atoms with Crippen LogP contribution in [0.1, 0.15) is 113 Å². The molecule has 0 amide bonds. The van der Waals surface area contributed by atoms with Gasteiger partial charge in [-0.3, -0.25) is 4.79 Å². The second-order valence-electron chi connectivity index (χ2n) is 7.43. The van der Waals surface area contributed by atoms with Crippen LogP contribution in [0.3, 0.4) is 0 Å². The molecule has 0 aliphatic carbocycles. The van der Waals surface area contributed by atoms with Gasteiger partial charge in [0.15, 0.2) is 0 Å². The van der Waals surface area contributed by atoms with Gasteiger partial charge in [0.1, 0.15) is 5.75 Å². The van der Waals surface area contributed by atoms with E-state index in [-0.39, 0.29) is 40.6 Å². The minimum atomic E-state index is -0.653. The largest absolute Gasteiger partial charge is 2.00 e. The van der Waals surface area contributed by atoms with E-state index >= 15 is 0 Å². The first-order valence-electron chi connectivity index (χ1n) is 11.1. The van der Waals surface area contributed by atoms with Crippen molar-refractivity contribution in [3.05, 3.63) is 30.3 Å². The van der Waals surface area contributed by atoms with Gasteiger partial charge in [0.05, 0.1) is 0 Å². The molecule has 0 atom stereocenters. The maximum atomic E-state index is 10.3. The molecule has 0 spiro atoms. The number of benzene rings is 1. The molecular weight excluding hydrogens is 376 g/mol. The van der Waals surface area contributed by atoms with Crippen LogP contribution in [0.25, 0.3) is 0 Å². The summed E-state index contributed by atoms with van der Waals surface area (Å²) in [5.74, 6) is -0.331. The van der Waals surface area contributed by atoms with Gasteiger partial charge in [-0.15, -0.1) is 0 Å². The zero-order valence-electron chi connectivity index (χ0n) is 20.2. The number of aliphatic carboxylic acids is 1. The van der Waals surface area contributed by atoms with Crippen molar-refractivity contribution in [3.8, 4) is 5.75 Å². The topological polar surface area (TPSA) is 57.5 Å². The molecule has 0 saturated heterocycles. The van der Waals surface area contributed by atoms with E-state index in [1.165, 1.54) is 83.5 Å². The Kier molecular flexibility index (Phi) is 26.5. The predicted octanol–water partition coefficient (Wildman–Crippen LogP) is 7.57. The van der Waals surface area contributed by atoms with Gasteiger partial charge in [0, 0.05) is 6.42 Å². The molecule has 2 N–H and O–H groups in total. The number of hydrogen-bond donors (Lipinski definition) is 2. The average molecular weight is 421 g/mol. The predicted molar refractivity (Wildman–Crippen MR) is 123 cm³/mol. The quantitative estimate of drug-likeness (QED) is 0.214. The fourth-order valence-corrected chi connectivity index (χ4v) is 3.08. The minimum Gasteiger partial charge on any atom is -1.00 e. The van der Waals surface area contributed by atoms with Gasteiger partial charge in [-0.05, 0) is 18.6 Å². The van der Waals surface area contributed by atoms with Crippen LogP contribution in [0, 0.1) is 0 Å². The van der Waals surface area contributed by atoms with Crippen LogP contribution >= 0.6 is 0 Å². The standard InChI is InChI=1S/C18H36O2.C6H6O.Ca.2H/c1-2-3-4-5-6-7-8-9-10-11-12-13-14-15-16-17-18(19)20;7-6-4-2-1-3-5-6;;;/h2-17H2,1H3,(H,19,20);1-5,7H;;;/q;;+2;2*-1. The van der Waals surface area contributed by atoms with Gasteiger partial charge in [0.25, 0.3) is 0 Å². The summed E-state index contributed by atoms with van der Waals surface area (Å²) in [6.45, 7) is 2.27. The molecule has 0 bridgehead atoms.